The smallest absolute Gasteiger partial charge is 0.316 e. The summed E-state index contributed by atoms with van der Waals surface area (Å²) < 4.78 is 0. The highest BCUT2D eigenvalue weighted by Gasteiger charge is 2.44. The van der Waals surface area contributed by atoms with E-state index in [2.05, 4.69) is 22.9 Å². The molecule has 1 heterocycles. The predicted octanol–water partition coefficient (Wildman–Crippen LogP) is 1.81. The summed E-state index contributed by atoms with van der Waals surface area (Å²) in [5.41, 5.74) is 4.33. The Balaban J connectivity index is 0.00000101. The number of nitrogens with one attached hydrogen (secondary N) is 3. The molecule has 4 rings (SSSR count). The molecule has 4 atom stereocenters. The third-order valence-electron chi connectivity index (χ3n) is 8.28. The first-order valence-electron chi connectivity index (χ1n) is 14.8. The lowest BCUT2D eigenvalue weighted by Gasteiger charge is -2.37. The summed E-state index contributed by atoms with van der Waals surface area (Å²) >= 11 is 0. The molecule has 11 heteroatoms. The van der Waals surface area contributed by atoms with E-state index in [4.69, 9.17) is 5.73 Å². The fraction of sp³-hybridized carbons (Fsp3) is 0.793. The monoisotopic (exact) mass is 561 g/mol. The summed E-state index contributed by atoms with van der Waals surface area (Å²) in [6.07, 6.45) is 8.47. The molecule has 5 amide bonds. The average Bonchev–Trinajstić information content (AvgIpc) is 3.78. The van der Waals surface area contributed by atoms with Gasteiger partial charge in [0.25, 0.3) is 5.91 Å². The number of carbonyl (C=O) groups excluding carboxylic acids is 6. The van der Waals surface area contributed by atoms with E-state index in [1.54, 1.807) is 0 Å². The van der Waals surface area contributed by atoms with Crippen LogP contribution in [0.15, 0.2) is 0 Å². The number of hydrogen-bond acceptors (Lipinski definition) is 6. The molecule has 0 aromatic heterocycles. The Hall–Kier alpha value is -2.98. The first-order chi connectivity index (χ1) is 18.7. The van der Waals surface area contributed by atoms with E-state index in [0.717, 1.165) is 38.0 Å². The lowest BCUT2D eigenvalue weighted by molar-refractivity contribution is -0.143. The van der Waals surface area contributed by atoms with Crippen LogP contribution in [0.2, 0.25) is 0 Å². The number of hydrogen-bond donors (Lipinski definition) is 4. The van der Waals surface area contributed by atoms with Gasteiger partial charge < -0.3 is 26.6 Å². The van der Waals surface area contributed by atoms with Gasteiger partial charge in [0.2, 0.25) is 17.6 Å². The number of nitrogens with two attached hydrogens (primary N) is 1. The second kappa shape index (κ2) is 13.1. The number of amides is 5. The van der Waals surface area contributed by atoms with Crippen molar-refractivity contribution >= 4 is 35.3 Å². The Labute approximate surface area is 237 Å². The molecule has 3 unspecified atom stereocenters. The minimum Gasteiger partial charge on any atom is -0.363 e. The summed E-state index contributed by atoms with van der Waals surface area (Å²) in [7, 11) is 0. The van der Waals surface area contributed by atoms with E-state index < -0.39 is 59.1 Å². The predicted molar refractivity (Wildman–Crippen MR) is 149 cm³/mol. The van der Waals surface area contributed by atoms with E-state index in [9.17, 15) is 28.8 Å². The highest BCUT2D eigenvalue weighted by molar-refractivity contribution is 6.37. The highest BCUT2D eigenvalue weighted by Crippen LogP contribution is 2.37. The quantitative estimate of drug-likeness (QED) is 0.297. The number of ketones is 2. The van der Waals surface area contributed by atoms with Gasteiger partial charge in [-0.05, 0) is 62.7 Å². The molecule has 3 aliphatic carbocycles. The van der Waals surface area contributed by atoms with Gasteiger partial charge in [-0.2, -0.15) is 0 Å². The molecular formula is C29H47N5O6. The van der Waals surface area contributed by atoms with Crippen LogP contribution in [-0.4, -0.2) is 70.9 Å². The fourth-order valence-corrected chi connectivity index (χ4v) is 5.00. The Kier molecular flexibility index (Phi) is 10.3. The minimum atomic E-state index is -1.15. The van der Waals surface area contributed by atoms with Crippen LogP contribution in [0.3, 0.4) is 0 Å². The van der Waals surface area contributed by atoms with Crippen LogP contribution in [0.25, 0.3) is 0 Å². The summed E-state index contributed by atoms with van der Waals surface area (Å²) in [4.78, 5) is 76.6. The number of urea groups is 1. The van der Waals surface area contributed by atoms with Crippen molar-refractivity contribution < 1.29 is 28.8 Å². The normalized spacial score (nSPS) is 22.9. The van der Waals surface area contributed by atoms with Crippen LogP contribution < -0.4 is 21.7 Å². The van der Waals surface area contributed by atoms with Crippen molar-refractivity contribution in [3.8, 4) is 0 Å². The molecule has 0 bridgehead atoms. The van der Waals surface area contributed by atoms with Gasteiger partial charge in [0.05, 0.1) is 12.1 Å². The molecule has 0 aromatic carbocycles. The van der Waals surface area contributed by atoms with Gasteiger partial charge in [0.15, 0.2) is 5.78 Å². The lowest BCUT2D eigenvalue weighted by atomic mass is 9.77. The van der Waals surface area contributed by atoms with Crippen molar-refractivity contribution in [2.45, 2.75) is 117 Å². The lowest BCUT2D eigenvalue weighted by Crippen LogP contribution is -2.61. The summed E-state index contributed by atoms with van der Waals surface area (Å²) in [6, 6.07) is -4.02. The van der Waals surface area contributed by atoms with E-state index in [-0.39, 0.29) is 17.6 Å². The summed E-state index contributed by atoms with van der Waals surface area (Å²) in [5.74, 6) is -1.74. The molecule has 40 heavy (non-hydrogen) atoms. The van der Waals surface area contributed by atoms with Crippen molar-refractivity contribution in [2.75, 3.05) is 6.54 Å². The Morgan fingerprint density at radius 2 is 1.45 bits per heavy atom. The minimum absolute atomic E-state index is 0.0173. The average molecular weight is 562 g/mol. The largest absolute Gasteiger partial charge is 0.363 e. The zero-order valence-electron chi connectivity index (χ0n) is 24.6. The first kappa shape index (κ1) is 31.5. The molecule has 1 aliphatic heterocycles. The van der Waals surface area contributed by atoms with Crippen LogP contribution in [0.1, 0.15) is 92.4 Å². The van der Waals surface area contributed by atoms with Gasteiger partial charge in [0.1, 0.15) is 12.1 Å². The number of nitrogens with zero attached hydrogens (tertiary/aromatic N) is 1. The van der Waals surface area contributed by atoms with E-state index in [1.165, 1.54) is 24.7 Å². The van der Waals surface area contributed by atoms with Crippen molar-refractivity contribution in [1.82, 2.24) is 20.9 Å². The molecule has 11 nitrogen and oxygen atoms in total. The van der Waals surface area contributed by atoms with Crippen LogP contribution in [0.4, 0.5) is 4.79 Å². The molecular weight excluding hydrogens is 514 g/mol. The summed E-state index contributed by atoms with van der Waals surface area (Å²) in [5, 5.41) is 8.08. The number of likely N-dealkylation sites (tertiary alicyclic amines) is 1. The van der Waals surface area contributed by atoms with Gasteiger partial charge in [-0.3, -0.25) is 24.0 Å². The molecule has 0 aromatic rings. The van der Waals surface area contributed by atoms with Gasteiger partial charge in [-0.25, -0.2) is 4.79 Å². The zero-order valence-corrected chi connectivity index (χ0v) is 24.6. The number of rotatable bonds is 10. The molecule has 1 saturated heterocycles. The first-order valence-corrected chi connectivity index (χ1v) is 14.8. The van der Waals surface area contributed by atoms with Crippen LogP contribution >= 0.6 is 0 Å². The van der Waals surface area contributed by atoms with Crippen molar-refractivity contribution in [2.24, 2.45) is 28.9 Å². The van der Waals surface area contributed by atoms with Gasteiger partial charge in [-0.1, -0.05) is 47.0 Å². The van der Waals surface area contributed by atoms with E-state index in [1.807, 2.05) is 20.8 Å². The maximum absolute atomic E-state index is 13.6. The van der Waals surface area contributed by atoms with Gasteiger partial charge in [-0.15, -0.1) is 0 Å². The molecule has 0 spiro atoms. The zero-order chi connectivity index (χ0) is 29.8. The van der Waals surface area contributed by atoms with Crippen molar-refractivity contribution in [1.29, 1.82) is 0 Å². The second-order valence-corrected chi connectivity index (χ2v) is 13.1. The third kappa shape index (κ3) is 8.51. The maximum atomic E-state index is 13.6. The third-order valence-corrected chi connectivity index (χ3v) is 8.28. The van der Waals surface area contributed by atoms with Crippen LogP contribution in [-0.2, 0) is 24.0 Å². The number of Topliss-reactive ketones (excluding diaryl/α,β-unsaturated/α-hetero) is 2. The highest BCUT2D eigenvalue weighted by atomic mass is 16.2. The molecule has 0 radical (unpaired) electrons. The maximum Gasteiger partial charge on any atom is 0.316 e. The Bertz CT molecular complexity index is 995. The van der Waals surface area contributed by atoms with Crippen LogP contribution in [0.5, 0.6) is 0 Å². The van der Waals surface area contributed by atoms with Gasteiger partial charge in [0, 0.05) is 12.5 Å². The molecule has 4 aliphatic rings. The Morgan fingerprint density at radius 3 is 1.90 bits per heavy atom. The fourth-order valence-electron chi connectivity index (χ4n) is 5.00. The molecule has 3 saturated carbocycles. The Morgan fingerprint density at radius 1 is 0.850 bits per heavy atom. The topological polar surface area (TPSA) is 168 Å². The molecule has 5 N–H and O–H groups in total. The summed E-state index contributed by atoms with van der Waals surface area (Å²) in [6.45, 7) is 9.39. The number of carbonyl (C=O) groups is 6. The van der Waals surface area contributed by atoms with Crippen molar-refractivity contribution in [3.05, 3.63) is 0 Å². The number of primary amides is 1. The van der Waals surface area contributed by atoms with Crippen molar-refractivity contribution in [3.63, 3.8) is 0 Å². The standard InChI is InChI=1S/C25H39N5O6.C4H8/c1-13(18(31)21(26)33)27-22(34)16-9-6-12-30(16)23(35)20(25(2,3)4)29-24(36)28-17(14-7-5-8-14)19(32)15-10-11-15;1-4-2-3-4/h13-17,20H,5-12H2,1-4H3,(H2,26,33)(H,27,34)(H2,28,29,36);4H,2-3H2,1H3/t13?,16-,17?,20?;/m0./s1. The van der Waals surface area contributed by atoms with E-state index >= 15 is 0 Å². The van der Waals surface area contributed by atoms with Crippen LogP contribution in [0, 0.1) is 23.2 Å². The SMILES string of the molecule is CC(NC(=O)[C@@H]1CCCN1C(=O)C(NC(=O)NC(C(=O)C1CC1)C1CCC1)C(C)(C)C)C(=O)C(N)=O.CC1CC1. The second-order valence-electron chi connectivity index (χ2n) is 13.1. The van der Waals surface area contributed by atoms with Gasteiger partial charge >= 0.3 is 6.03 Å². The molecule has 4 fully saturated rings. The van der Waals surface area contributed by atoms with E-state index in [0.29, 0.717) is 19.4 Å². The molecule has 224 valence electrons.